The lowest BCUT2D eigenvalue weighted by Crippen LogP contribution is -2.21. The molecule has 0 radical (unpaired) electrons. The zero-order valence-corrected chi connectivity index (χ0v) is 19.2. The van der Waals surface area contributed by atoms with Gasteiger partial charge in [-0.2, -0.15) is 5.10 Å². The van der Waals surface area contributed by atoms with Crippen LogP contribution in [0.3, 0.4) is 0 Å². The number of furan rings is 1. The van der Waals surface area contributed by atoms with E-state index in [2.05, 4.69) is 10.4 Å². The van der Waals surface area contributed by atoms with Crippen LogP contribution >= 0.6 is 0 Å². The molecule has 2 amide bonds. The minimum atomic E-state index is -0.360. The number of ether oxygens (including phenoxy) is 2. The summed E-state index contributed by atoms with van der Waals surface area (Å²) in [4.78, 5) is 24.8. The van der Waals surface area contributed by atoms with Gasteiger partial charge in [-0.1, -0.05) is 0 Å². The number of hydrogen-bond donors (Lipinski definition) is 1. The number of nitrogens with zero attached hydrogens (tertiary/aromatic N) is 2. The Morgan fingerprint density at radius 1 is 1.09 bits per heavy atom. The third kappa shape index (κ3) is 5.64. The smallest absolute Gasteiger partial charge is 0.291 e. The number of carbonyl (C=O) groups excluding carboxylic acids is 2. The third-order valence-corrected chi connectivity index (χ3v) is 5.59. The number of amides is 2. The number of nitrogens with one attached hydrogen (secondary N) is 1. The van der Waals surface area contributed by atoms with E-state index in [0.29, 0.717) is 22.7 Å². The van der Waals surface area contributed by atoms with Gasteiger partial charge in [0.2, 0.25) is 0 Å². The molecule has 1 N–H and O–H groups in total. The van der Waals surface area contributed by atoms with Crippen molar-refractivity contribution in [1.82, 2.24) is 5.01 Å². The molecule has 1 saturated carbocycles. The lowest BCUT2D eigenvalue weighted by molar-refractivity contribution is 0.0800. The maximum Gasteiger partial charge on any atom is 0.291 e. The van der Waals surface area contributed by atoms with Gasteiger partial charge in [0, 0.05) is 18.3 Å². The molecule has 34 heavy (non-hydrogen) atoms. The highest BCUT2D eigenvalue weighted by molar-refractivity contribution is 6.02. The SMILES string of the molecule is COc1ccc(C=NN(C)C(=O)c2ccc(NC(=O)c3ccco3)cc2)cc1OC1CCCC1. The molecule has 176 valence electrons. The van der Waals surface area contributed by atoms with E-state index >= 15 is 0 Å². The van der Waals surface area contributed by atoms with E-state index in [1.165, 1.54) is 24.1 Å². The normalized spacial score (nSPS) is 13.7. The van der Waals surface area contributed by atoms with E-state index in [1.54, 1.807) is 56.8 Å². The van der Waals surface area contributed by atoms with Crippen LogP contribution in [0.4, 0.5) is 5.69 Å². The predicted octanol–water partition coefficient (Wildman–Crippen LogP) is 4.97. The number of carbonyl (C=O) groups is 2. The van der Waals surface area contributed by atoms with Crippen molar-refractivity contribution in [3.8, 4) is 11.5 Å². The topological polar surface area (TPSA) is 93.4 Å². The Balaban J connectivity index is 1.39. The lowest BCUT2D eigenvalue weighted by Gasteiger charge is -2.16. The molecule has 8 heteroatoms. The van der Waals surface area contributed by atoms with Crippen molar-refractivity contribution in [2.24, 2.45) is 5.10 Å². The average molecular weight is 462 g/mol. The summed E-state index contributed by atoms with van der Waals surface area (Å²) in [7, 11) is 3.20. The Bertz CT molecular complexity index is 1150. The van der Waals surface area contributed by atoms with Crippen LogP contribution in [0.2, 0.25) is 0 Å². The molecule has 8 nitrogen and oxygen atoms in total. The first-order valence-electron chi connectivity index (χ1n) is 11.1. The summed E-state index contributed by atoms with van der Waals surface area (Å²) in [5, 5.41) is 8.26. The number of methoxy groups -OCH3 is 1. The molecule has 0 spiro atoms. The Morgan fingerprint density at radius 3 is 2.53 bits per heavy atom. The van der Waals surface area contributed by atoms with Crippen LogP contribution in [0.5, 0.6) is 11.5 Å². The summed E-state index contributed by atoms with van der Waals surface area (Å²) < 4.78 is 16.6. The molecule has 0 saturated heterocycles. The second-order valence-electron chi connectivity index (χ2n) is 8.02. The molecule has 0 bridgehead atoms. The second-order valence-corrected chi connectivity index (χ2v) is 8.02. The predicted molar refractivity (Wildman–Crippen MR) is 129 cm³/mol. The Morgan fingerprint density at radius 2 is 1.85 bits per heavy atom. The lowest BCUT2D eigenvalue weighted by atomic mass is 10.2. The number of rotatable bonds is 8. The van der Waals surface area contributed by atoms with Crippen molar-refractivity contribution >= 4 is 23.7 Å². The molecule has 1 aliphatic rings. The van der Waals surface area contributed by atoms with Crippen LogP contribution in [-0.4, -0.2) is 43.3 Å². The van der Waals surface area contributed by atoms with E-state index in [0.717, 1.165) is 18.4 Å². The Labute approximate surface area is 198 Å². The van der Waals surface area contributed by atoms with Crippen LogP contribution in [0.15, 0.2) is 70.4 Å². The van der Waals surface area contributed by atoms with Gasteiger partial charge in [-0.05, 0) is 85.8 Å². The monoisotopic (exact) mass is 461 g/mol. The molecule has 4 rings (SSSR count). The molecule has 0 unspecified atom stereocenters. The molecule has 3 aromatic rings. The van der Waals surface area contributed by atoms with E-state index in [-0.39, 0.29) is 23.7 Å². The average Bonchev–Trinajstić information content (AvgIpc) is 3.57. The Hall–Kier alpha value is -4.07. The fraction of sp³-hybridized carbons (Fsp3) is 0.269. The number of anilines is 1. The number of benzene rings is 2. The van der Waals surface area contributed by atoms with Crippen LogP contribution in [0.1, 0.15) is 52.2 Å². The minimum absolute atomic E-state index is 0.206. The highest BCUT2D eigenvalue weighted by Gasteiger charge is 2.18. The summed E-state index contributed by atoms with van der Waals surface area (Å²) in [5.74, 6) is 0.925. The minimum Gasteiger partial charge on any atom is -0.493 e. The number of hydrogen-bond acceptors (Lipinski definition) is 6. The van der Waals surface area contributed by atoms with Crippen molar-refractivity contribution in [1.29, 1.82) is 0 Å². The summed E-state index contributed by atoms with van der Waals surface area (Å²) in [6, 6.07) is 15.4. The fourth-order valence-corrected chi connectivity index (χ4v) is 3.74. The first kappa shape index (κ1) is 23.1. The standard InChI is InChI=1S/C26H27N3O5/c1-29(26(31)19-10-12-20(13-11-19)28-25(30)23-8-5-15-33-23)27-17-18-9-14-22(32-2)24(16-18)34-21-6-3-4-7-21/h5,8-17,21H,3-4,6-7H2,1-2H3,(H,28,30). The molecule has 0 atom stereocenters. The van der Waals surface area contributed by atoms with E-state index < -0.39 is 0 Å². The highest BCUT2D eigenvalue weighted by Crippen LogP contribution is 2.32. The maximum atomic E-state index is 12.7. The molecule has 1 aliphatic carbocycles. The zero-order valence-electron chi connectivity index (χ0n) is 19.2. The van der Waals surface area contributed by atoms with Crippen molar-refractivity contribution in [2.45, 2.75) is 31.8 Å². The van der Waals surface area contributed by atoms with Gasteiger partial charge in [-0.25, -0.2) is 5.01 Å². The van der Waals surface area contributed by atoms with Crippen molar-refractivity contribution in [3.63, 3.8) is 0 Å². The quantitative estimate of drug-likeness (QED) is 0.378. The van der Waals surface area contributed by atoms with Crippen LogP contribution < -0.4 is 14.8 Å². The van der Waals surface area contributed by atoms with Gasteiger partial charge in [-0.15, -0.1) is 0 Å². The molecule has 2 aromatic carbocycles. The first-order chi connectivity index (χ1) is 16.5. The summed E-state index contributed by atoms with van der Waals surface area (Å²) in [6.07, 6.45) is 7.70. The van der Waals surface area contributed by atoms with Crippen molar-refractivity contribution < 1.29 is 23.5 Å². The van der Waals surface area contributed by atoms with E-state index in [4.69, 9.17) is 13.9 Å². The van der Waals surface area contributed by atoms with Crippen molar-refractivity contribution in [2.75, 3.05) is 19.5 Å². The fourth-order valence-electron chi connectivity index (χ4n) is 3.74. The van der Waals surface area contributed by atoms with E-state index in [9.17, 15) is 9.59 Å². The van der Waals surface area contributed by atoms with E-state index in [1.807, 2.05) is 18.2 Å². The third-order valence-electron chi connectivity index (χ3n) is 5.59. The zero-order chi connectivity index (χ0) is 23.9. The van der Waals surface area contributed by atoms with Gasteiger partial charge < -0.3 is 19.2 Å². The van der Waals surface area contributed by atoms with Crippen LogP contribution in [-0.2, 0) is 0 Å². The molecule has 1 fully saturated rings. The van der Waals surface area contributed by atoms with Gasteiger partial charge in [0.15, 0.2) is 17.3 Å². The van der Waals surface area contributed by atoms with Crippen molar-refractivity contribution in [3.05, 3.63) is 77.7 Å². The highest BCUT2D eigenvalue weighted by atomic mass is 16.5. The molecule has 1 aromatic heterocycles. The summed E-state index contributed by atoms with van der Waals surface area (Å²) >= 11 is 0. The molecule has 1 heterocycles. The van der Waals surface area contributed by atoms with Gasteiger partial charge in [0.05, 0.1) is 25.7 Å². The second kappa shape index (κ2) is 10.7. The molecular weight excluding hydrogens is 434 g/mol. The van der Waals surface area contributed by atoms with Gasteiger partial charge >= 0.3 is 0 Å². The van der Waals surface area contributed by atoms with Gasteiger partial charge in [0.1, 0.15) is 0 Å². The molecule has 0 aliphatic heterocycles. The summed E-state index contributed by atoms with van der Waals surface area (Å²) in [5.41, 5.74) is 1.79. The Kier molecular flexibility index (Phi) is 7.27. The first-order valence-corrected chi connectivity index (χ1v) is 11.1. The van der Waals surface area contributed by atoms with Gasteiger partial charge in [-0.3, -0.25) is 9.59 Å². The largest absolute Gasteiger partial charge is 0.493 e. The molecular formula is C26H27N3O5. The number of hydrazone groups is 1. The van der Waals surface area contributed by atoms with Crippen LogP contribution in [0.25, 0.3) is 0 Å². The summed E-state index contributed by atoms with van der Waals surface area (Å²) in [6.45, 7) is 0. The maximum absolute atomic E-state index is 12.7. The van der Waals surface area contributed by atoms with Gasteiger partial charge in [0.25, 0.3) is 11.8 Å². The van der Waals surface area contributed by atoms with Crippen LogP contribution in [0, 0.1) is 0 Å².